The fourth-order valence-corrected chi connectivity index (χ4v) is 1.29. The average molecular weight is 276 g/mol. The Balaban J connectivity index is 2.04. The number of aromatic nitrogens is 2. The van der Waals surface area contributed by atoms with E-state index < -0.39 is 10.8 Å². The molecule has 0 saturated carbocycles. The topological polar surface area (TPSA) is 150 Å². The molecule has 3 N–H and O–H groups in total. The highest BCUT2D eigenvalue weighted by Gasteiger charge is 2.14. The molecular formula is C10H8N6O4. The number of amides is 1. The van der Waals surface area contributed by atoms with Crippen LogP contribution in [-0.4, -0.2) is 27.4 Å². The van der Waals surface area contributed by atoms with E-state index in [9.17, 15) is 14.9 Å². The molecule has 1 aromatic heterocycles. The van der Waals surface area contributed by atoms with Crippen molar-refractivity contribution in [3.05, 3.63) is 45.6 Å². The maximum atomic E-state index is 11.5. The molecule has 0 unspecified atom stereocenters. The van der Waals surface area contributed by atoms with Gasteiger partial charge in [-0.15, -0.1) is 0 Å². The van der Waals surface area contributed by atoms with Crippen LogP contribution in [0, 0.1) is 10.1 Å². The Morgan fingerprint density at radius 3 is 2.95 bits per heavy atom. The number of nitro benzene ring substituents is 1. The number of hydrazone groups is 1. The third kappa shape index (κ3) is 2.93. The van der Waals surface area contributed by atoms with Gasteiger partial charge >= 0.3 is 0 Å². The van der Waals surface area contributed by atoms with Gasteiger partial charge in [-0.25, -0.2) is 10.1 Å². The third-order valence-corrected chi connectivity index (χ3v) is 2.19. The van der Waals surface area contributed by atoms with E-state index in [1.807, 2.05) is 0 Å². The van der Waals surface area contributed by atoms with Crippen LogP contribution in [0.1, 0.15) is 16.1 Å². The zero-order chi connectivity index (χ0) is 14.5. The molecule has 10 heteroatoms. The number of carbonyl (C=O) groups excluding carboxylic acids is 1. The lowest BCUT2D eigenvalue weighted by Crippen LogP contribution is -2.19. The Hall–Kier alpha value is -3.30. The van der Waals surface area contributed by atoms with E-state index in [-0.39, 0.29) is 17.2 Å². The predicted octanol–water partition coefficient (Wildman–Crippen LogP) is 0.324. The Bertz CT molecular complexity index is 680. The van der Waals surface area contributed by atoms with Crippen LogP contribution < -0.4 is 11.2 Å². The lowest BCUT2D eigenvalue weighted by atomic mass is 10.2. The second-order valence-electron chi connectivity index (χ2n) is 3.55. The van der Waals surface area contributed by atoms with Crippen LogP contribution in [0.15, 0.2) is 34.0 Å². The van der Waals surface area contributed by atoms with Crippen molar-refractivity contribution in [2.24, 2.45) is 5.10 Å². The van der Waals surface area contributed by atoms with Gasteiger partial charge in [-0.3, -0.25) is 14.9 Å². The molecular weight excluding hydrogens is 268 g/mol. The summed E-state index contributed by atoms with van der Waals surface area (Å²) in [5.74, 6) is -0.863. The van der Waals surface area contributed by atoms with Crippen molar-refractivity contribution < 1.29 is 14.3 Å². The maximum Gasteiger partial charge on any atom is 0.297 e. The Morgan fingerprint density at radius 1 is 1.50 bits per heavy atom. The van der Waals surface area contributed by atoms with Gasteiger partial charge in [0.2, 0.25) is 11.5 Å². The van der Waals surface area contributed by atoms with Gasteiger partial charge in [0.05, 0.1) is 11.1 Å². The number of nitrogen functional groups attached to an aromatic ring is 1. The van der Waals surface area contributed by atoms with Crippen LogP contribution >= 0.6 is 0 Å². The van der Waals surface area contributed by atoms with Crippen LogP contribution in [-0.2, 0) is 0 Å². The number of benzene rings is 1. The van der Waals surface area contributed by atoms with Crippen LogP contribution in [0.25, 0.3) is 0 Å². The smallest absolute Gasteiger partial charge is 0.297 e. The number of nitrogens with one attached hydrogen (secondary N) is 1. The summed E-state index contributed by atoms with van der Waals surface area (Å²) in [5, 5.41) is 20.7. The molecule has 0 atom stereocenters. The van der Waals surface area contributed by atoms with Crippen LogP contribution in [0.5, 0.6) is 0 Å². The van der Waals surface area contributed by atoms with E-state index in [2.05, 4.69) is 25.5 Å². The van der Waals surface area contributed by atoms with Crippen molar-refractivity contribution in [3.63, 3.8) is 0 Å². The van der Waals surface area contributed by atoms with Gasteiger partial charge in [0, 0.05) is 17.7 Å². The minimum Gasteiger partial charge on any atom is -0.379 e. The zero-order valence-electron chi connectivity index (χ0n) is 9.89. The van der Waals surface area contributed by atoms with Gasteiger partial charge < -0.3 is 5.73 Å². The Morgan fingerprint density at radius 2 is 2.30 bits per heavy atom. The highest BCUT2D eigenvalue weighted by molar-refractivity contribution is 5.96. The predicted molar refractivity (Wildman–Crippen MR) is 66.9 cm³/mol. The highest BCUT2D eigenvalue weighted by Crippen LogP contribution is 2.11. The molecule has 102 valence electrons. The Kier molecular flexibility index (Phi) is 3.65. The zero-order valence-corrected chi connectivity index (χ0v) is 9.89. The fourth-order valence-electron chi connectivity index (χ4n) is 1.29. The lowest BCUT2D eigenvalue weighted by Gasteiger charge is -1.96. The second kappa shape index (κ2) is 5.56. The number of non-ortho nitro benzene ring substituents is 1. The minimum atomic E-state index is -0.703. The summed E-state index contributed by atoms with van der Waals surface area (Å²) in [6.07, 6.45) is 1.24. The molecule has 20 heavy (non-hydrogen) atoms. The molecule has 0 bridgehead atoms. The minimum absolute atomic E-state index is 0.0785. The first-order chi connectivity index (χ1) is 9.58. The molecule has 0 aliphatic carbocycles. The summed E-state index contributed by atoms with van der Waals surface area (Å²) in [6, 6.07) is 5.74. The van der Waals surface area contributed by atoms with E-state index in [4.69, 9.17) is 5.73 Å². The highest BCUT2D eigenvalue weighted by atomic mass is 16.6. The molecule has 0 spiro atoms. The Labute approximate surface area is 111 Å². The summed E-state index contributed by atoms with van der Waals surface area (Å²) in [5.41, 5.74) is 7.64. The normalized spacial score (nSPS) is 10.6. The van der Waals surface area contributed by atoms with E-state index in [1.54, 1.807) is 6.07 Å². The van der Waals surface area contributed by atoms with Crippen LogP contribution in [0.3, 0.4) is 0 Å². The molecule has 0 fully saturated rings. The lowest BCUT2D eigenvalue weighted by molar-refractivity contribution is -0.384. The second-order valence-corrected chi connectivity index (χ2v) is 3.55. The number of nitrogens with zero attached hydrogens (tertiary/aromatic N) is 4. The fraction of sp³-hybridized carbons (Fsp3) is 0. The molecule has 1 amide bonds. The SMILES string of the molecule is Nc1nonc1C(=O)NN=Cc1cccc([N+](=O)[O-])c1. The largest absolute Gasteiger partial charge is 0.379 e. The van der Waals surface area contributed by atoms with E-state index >= 15 is 0 Å². The molecule has 2 rings (SSSR count). The first kappa shape index (κ1) is 13.1. The number of hydrogen-bond donors (Lipinski definition) is 2. The summed E-state index contributed by atoms with van der Waals surface area (Å²) in [7, 11) is 0. The van der Waals surface area contributed by atoms with E-state index in [0.717, 1.165) is 0 Å². The molecule has 0 aliphatic rings. The number of nitro groups is 1. The molecule has 0 aliphatic heterocycles. The van der Waals surface area contributed by atoms with Crippen molar-refractivity contribution in [2.45, 2.75) is 0 Å². The van der Waals surface area contributed by atoms with E-state index in [1.165, 1.54) is 24.4 Å². The molecule has 0 radical (unpaired) electrons. The molecule has 0 saturated heterocycles. The number of anilines is 1. The van der Waals surface area contributed by atoms with Crippen molar-refractivity contribution in [2.75, 3.05) is 5.73 Å². The van der Waals surface area contributed by atoms with Gasteiger partial charge in [0.25, 0.3) is 11.6 Å². The number of carbonyl (C=O) groups is 1. The van der Waals surface area contributed by atoms with Crippen LogP contribution in [0.4, 0.5) is 11.5 Å². The monoisotopic (exact) mass is 276 g/mol. The van der Waals surface area contributed by atoms with Crippen molar-refractivity contribution >= 4 is 23.6 Å². The van der Waals surface area contributed by atoms with Gasteiger partial charge in [0.1, 0.15) is 0 Å². The first-order valence-electron chi connectivity index (χ1n) is 5.24. The number of rotatable bonds is 4. The standard InChI is InChI=1S/C10H8N6O4/c11-9-8(14-20-15-9)10(17)13-12-5-6-2-1-3-7(4-6)16(18)19/h1-5H,(H2,11,15)(H,13,17). The molecule has 1 aromatic carbocycles. The molecule has 1 heterocycles. The summed E-state index contributed by atoms with van der Waals surface area (Å²) in [4.78, 5) is 21.6. The van der Waals surface area contributed by atoms with Gasteiger partial charge in [-0.1, -0.05) is 12.1 Å². The van der Waals surface area contributed by atoms with Crippen molar-refractivity contribution in [3.8, 4) is 0 Å². The van der Waals surface area contributed by atoms with Crippen molar-refractivity contribution in [1.29, 1.82) is 0 Å². The van der Waals surface area contributed by atoms with Crippen LogP contribution in [0.2, 0.25) is 0 Å². The molecule has 10 nitrogen and oxygen atoms in total. The van der Waals surface area contributed by atoms with Gasteiger partial charge in [-0.05, 0) is 10.3 Å². The maximum absolute atomic E-state index is 11.5. The molecule has 2 aromatic rings. The quantitative estimate of drug-likeness (QED) is 0.463. The summed E-state index contributed by atoms with van der Waals surface area (Å²) in [6.45, 7) is 0. The summed E-state index contributed by atoms with van der Waals surface area (Å²) < 4.78 is 4.26. The van der Waals surface area contributed by atoms with Crippen molar-refractivity contribution in [1.82, 2.24) is 15.7 Å². The third-order valence-electron chi connectivity index (χ3n) is 2.19. The number of hydrogen-bond acceptors (Lipinski definition) is 8. The van der Waals surface area contributed by atoms with Gasteiger partial charge in [0.15, 0.2) is 0 Å². The average Bonchev–Trinajstić information content (AvgIpc) is 2.85. The van der Waals surface area contributed by atoms with E-state index in [0.29, 0.717) is 5.56 Å². The first-order valence-corrected chi connectivity index (χ1v) is 5.24. The summed E-state index contributed by atoms with van der Waals surface area (Å²) >= 11 is 0. The number of nitrogens with two attached hydrogens (primary N) is 1. The van der Waals surface area contributed by atoms with Gasteiger partial charge in [-0.2, -0.15) is 5.10 Å².